The number of ether oxygens (including phenoxy) is 2. The van der Waals surface area contributed by atoms with Gasteiger partial charge < -0.3 is 14.6 Å². The van der Waals surface area contributed by atoms with Gasteiger partial charge in [-0.1, -0.05) is 25.8 Å². The minimum atomic E-state index is -5.74. The molecular formula is C14H17F5O4. The van der Waals surface area contributed by atoms with Crippen LogP contribution >= 0.6 is 0 Å². The molecule has 1 saturated carbocycles. The van der Waals surface area contributed by atoms with Crippen molar-refractivity contribution < 1.29 is 41.3 Å². The van der Waals surface area contributed by atoms with E-state index in [4.69, 9.17) is 4.74 Å². The van der Waals surface area contributed by atoms with Crippen LogP contribution in [-0.2, 0) is 14.3 Å². The molecule has 1 aliphatic carbocycles. The largest absolute Gasteiger partial charge is 0.449 e. The maximum absolute atomic E-state index is 14.7. The van der Waals surface area contributed by atoms with Crippen LogP contribution in [0.25, 0.3) is 0 Å². The highest BCUT2D eigenvalue weighted by Crippen LogP contribution is 2.58. The van der Waals surface area contributed by atoms with Gasteiger partial charge in [0.15, 0.2) is 0 Å². The highest BCUT2D eigenvalue weighted by molar-refractivity contribution is 5.81. The van der Waals surface area contributed by atoms with Gasteiger partial charge in [0.1, 0.15) is 0 Å². The predicted octanol–water partition coefficient (Wildman–Crippen LogP) is 2.95. The maximum Gasteiger partial charge on any atom is 0.449 e. The number of halogens is 5. The minimum Gasteiger partial charge on any atom is -0.446 e. The van der Waals surface area contributed by atoms with Gasteiger partial charge in [-0.15, -0.1) is 0 Å². The summed E-state index contributed by atoms with van der Waals surface area (Å²) in [5, 5.41) is 9.49. The average molecular weight is 344 g/mol. The summed E-state index contributed by atoms with van der Waals surface area (Å²) in [6, 6.07) is 0. The molecule has 1 heterocycles. The summed E-state index contributed by atoms with van der Waals surface area (Å²) in [4.78, 5) is 11.5. The Balaban J connectivity index is 2.49. The summed E-state index contributed by atoms with van der Waals surface area (Å²) in [7, 11) is 0. The Morgan fingerprint density at radius 2 is 1.83 bits per heavy atom. The van der Waals surface area contributed by atoms with E-state index in [1.807, 2.05) is 0 Å². The van der Waals surface area contributed by atoms with Crippen molar-refractivity contribution in [2.75, 3.05) is 6.61 Å². The normalized spacial score (nSPS) is 35.0. The molecule has 132 valence electrons. The van der Waals surface area contributed by atoms with Crippen LogP contribution in [0.4, 0.5) is 22.0 Å². The van der Waals surface area contributed by atoms with Crippen molar-refractivity contribution in [2.24, 2.45) is 5.92 Å². The number of carbonyl (C=O) groups is 1. The molecule has 2 rings (SSSR count). The summed E-state index contributed by atoms with van der Waals surface area (Å²) in [5.41, 5.74) is -2.87. The Bertz CT molecular complexity index is 486. The fourth-order valence-corrected chi connectivity index (χ4v) is 3.28. The van der Waals surface area contributed by atoms with Crippen molar-refractivity contribution in [1.82, 2.24) is 0 Å². The summed E-state index contributed by atoms with van der Waals surface area (Å²) >= 11 is 0. The van der Waals surface area contributed by atoms with Crippen LogP contribution in [0.1, 0.15) is 32.1 Å². The first-order valence-corrected chi connectivity index (χ1v) is 7.18. The predicted molar refractivity (Wildman–Crippen MR) is 67.5 cm³/mol. The molecule has 4 nitrogen and oxygen atoms in total. The van der Waals surface area contributed by atoms with E-state index in [0.29, 0.717) is 18.9 Å². The first-order valence-electron chi connectivity index (χ1n) is 7.18. The zero-order valence-electron chi connectivity index (χ0n) is 12.2. The molecule has 0 aromatic carbocycles. The second kappa shape index (κ2) is 5.70. The van der Waals surface area contributed by atoms with E-state index in [1.165, 1.54) is 0 Å². The third kappa shape index (κ3) is 2.53. The molecular weight excluding hydrogens is 327 g/mol. The van der Waals surface area contributed by atoms with E-state index in [2.05, 4.69) is 11.3 Å². The second-order valence-corrected chi connectivity index (χ2v) is 5.85. The topological polar surface area (TPSA) is 55.8 Å². The monoisotopic (exact) mass is 344 g/mol. The van der Waals surface area contributed by atoms with E-state index in [-0.39, 0.29) is 12.8 Å². The molecule has 0 spiro atoms. The van der Waals surface area contributed by atoms with Gasteiger partial charge in [0.05, 0.1) is 6.61 Å². The maximum atomic E-state index is 14.7. The number of carbonyl (C=O) groups excluding carboxylic acids is 1. The molecule has 0 aromatic rings. The lowest BCUT2D eigenvalue weighted by Crippen LogP contribution is -2.66. The molecule has 0 aromatic heterocycles. The van der Waals surface area contributed by atoms with E-state index in [9.17, 15) is 31.9 Å². The van der Waals surface area contributed by atoms with Crippen LogP contribution in [-0.4, -0.2) is 41.2 Å². The summed E-state index contributed by atoms with van der Waals surface area (Å²) in [6.45, 7) is 1.83. The van der Waals surface area contributed by atoms with Crippen molar-refractivity contribution in [3.8, 4) is 0 Å². The van der Waals surface area contributed by atoms with Crippen molar-refractivity contribution in [1.29, 1.82) is 0 Å². The van der Waals surface area contributed by atoms with Gasteiger partial charge in [-0.05, 0) is 12.8 Å². The first kappa shape index (κ1) is 18.1. The number of alkyl halides is 5. The molecule has 0 bridgehead atoms. The molecule has 0 amide bonds. The van der Waals surface area contributed by atoms with Crippen molar-refractivity contribution in [3.05, 3.63) is 12.7 Å². The summed E-state index contributed by atoms with van der Waals surface area (Å²) in [5.74, 6) is -11.9. The fourth-order valence-electron chi connectivity index (χ4n) is 3.28. The van der Waals surface area contributed by atoms with Crippen LogP contribution in [0.5, 0.6) is 0 Å². The van der Waals surface area contributed by atoms with Gasteiger partial charge in [0, 0.05) is 12.0 Å². The molecule has 2 unspecified atom stereocenters. The third-order valence-corrected chi connectivity index (χ3v) is 4.55. The molecule has 2 atom stereocenters. The van der Waals surface area contributed by atoms with Gasteiger partial charge in [0.25, 0.3) is 0 Å². The lowest BCUT2D eigenvalue weighted by Gasteiger charge is -2.43. The number of aliphatic hydroxyl groups is 1. The zero-order chi connectivity index (χ0) is 17.5. The first-order chi connectivity index (χ1) is 10.5. The van der Waals surface area contributed by atoms with E-state index < -0.39 is 42.0 Å². The van der Waals surface area contributed by atoms with Crippen molar-refractivity contribution in [3.63, 3.8) is 0 Å². The Morgan fingerprint density at radius 3 is 2.26 bits per heavy atom. The van der Waals surface area contributed by atoms with Crippen molar-refractivity contribution in [2.45, 2.75) is 55.6 Å². The van der Waals surface area contributed by atoms with Crippen LogP contribution < -0.4 is 0 Å². The van der Waals surface area contributed by atoms with Crippen LogP contribution in [0, 0.1) is 5.92 Å². The lowest BCUT2D eigenvalue weighted by molar-refractivity contribution is -0.411. The molecule has 1 N–H and O–H groups in total. The van der Waals surface area contributed by atoms with Crippen LogP contribution in [0.2, 0.25) is 0 Å². The van der Waals surface area contributed by atoms with E-state index in [1.54, 1.807) is 0 Å². The van der Waals surface area contributed by atoms with Gasteiger partial charge in [-0.25, -0.2) is 4.79 Å². The second-order valence-electron chi connectivity index (χ2n) is 5.85. The Hall–Kier alpha value is -1.22. The SMILES string of the molecule is C=CC(=O)OC1(C2CCCCC2)COC(O)(C(F)(F)F)C1(F)F. The Kier molecular flexibility index (Phi) is 4.49. The zero-order valence-corrected chi connectivity index (χ0v) is 12.2. The highest BCUT2D eigenvalue weighted by atomic mass is 19.4. The minimum absolute atomic E-state index is 0.150. The van der Waals surface area contributed by atoms with Gasteiger partial charge >= 0.3 is 23.9 Å². The van der Waals surface area contributed by atoms with Crippen LogP contribution in [0.15, 0.2) is 12.7 Å². The number of rotatable bonds is 3. The molecule has 1 aliphatic heterocycles. The smallest absolute Gasteiger partial charge is 0.446 e. The molecule has 9 heteroatoms. The Labute approximate surface area is 129 Å². The standard InChI is InChI=1S/C14H17F5O4/c1-2-10(20)23-11(9-6-4-3-5-7-9)8-22-13(21,12(11,15)16)14(17,18)19/h2,9,21H,1,3-8H2. The number of hydrogen-bond acceptors (Lipinski definition) is 4. The summed E-state index contributed by atoms with van der Waals surface area (Å²) < 4.78 is 77.0. The summed E-state index contributed by atoms with van der Waals surface area (Å²) in [6.07, 6.45) is -3.08. The molecule has 2 aliphatic rings. The van der Waals surface area contributed by atoms with Gasteiger partial charge in [-0.3, -0.25) is 0 Å². The number of esters is 1. The highest BCUT2D eigenvalue weighted by Gasteiger charge is 2.85. The lowest BCUT2D eigenvalue weighted by atomic mass is 9.73. The average Bonchev–Trinajstić information content (AvgIpc) is 2.70. The number of hydrogen-bond donors (Lipinski definition) is 1. The van der Waals surface area contributed by atoms with Gasteiger partial charge in [-0.2, -0.15) is 22.0 Å². The van der Waals surface area contributed by atoms with Crippen LogP contribution in [0.3, 0.4) is 0 Å². The van der Waals surface area contributed by atoms with E-state index >= 15 is 0 Å². The quantitative estimate of drug-likeness (QED) is 0.486. The van der Waals surface area contributed by atoms with Crippen molar-refractivity contribution >= 4 is 5.97 Å². The van der Waals surface area contributed by atoms with Gasteiger partial charge in [0.2, 0.25) is 5.60 Å². The van der Waals surface area contributed by atoms with E-state index in [0.717, 1.165) is 6.42 Å². The molecule has 23 heavy (non-hydrogen) atoms. The fraction of sp³-hybridized carbons (Fsp3) is 0.786. The molecule has 1 saturated heterocycles. The third-order valence-electron chi connectivity index (χ3n) is 4.55. The Morgan fingerprint density at radius 1 is 1.26 bits per heavy atom. The molecule has 2 fully saturated rings. The molecule has 0 radical (unpaired) electrons.